The first-order valence-electron chi connectivity index (χ1n) is 5.36. The van der Waals surface area contributed by atoms with Crippen LogP contribution in [0, 0.1) is 11.6 Å². The fourth-order valence-corrected chi connectivity index (χ4v) is 1.70. The highest BCUT2D eigenvalue weighted by atomic mass is 19.1. The van der Waals surface area contributed by atoms with Gasteiger partial charge in [0, 0.05) is 12.5 Å². The third kappa shape index (κ3) is 2.07. The molecule has 3 rings (SSSR count). The van der Waals surface area contributed by atoms with Crippen LogP contribution in [0.3, 0.4) is 0 Å². The second-order valence-electron chi connectivity index (χ2n) is 3.89. The van der Waals surface area contributed by atoms with Crippen LogP contribution >= 0.6 is 0 Å². The maximum absolute atomic E-state index is 12.9. The zero-order valence-electron chi connectivity index (χ0n) is 9.23. The van der Waals surface area contributed by atoms with Gasteiger partial charge in [0.25, 0.3) is 0 Å². The lowest BCUT2D eigenvalue weighted by Crippen LogP contribution is -1.88. The Bertz CT molecular complexity index is 692. The summed E-state index contributed by atoms with van der Waals surface area (Å²) in [6.07, 6.45) is 1.49. The predicted molar refractivity (Wildman–Crippen MR) is 61.0 cm³/mol. The Morgan fingerprint density at radius 1 is 1.06 bits per heavy atom. The summed E-state index contributed by atoms with van der Waals surface area (Å²) in [5.74, 6) is -0.320. The number of hydrogen-bond donors (Lipinski definition) is 0. The van der Waals surface area contributed by atoms with Gasteiger partial charge >= 0.3 is 0 Å². The zero-order valence-corrected chi connectivity index (χ0v) is 9.23. The first-order chi connectivity index (χ1) is 8.70. The SMILES string of the molecule is Fc1ccc(Cc2nc3cc(F)cnc3o2)cc1. The Labute approximate surface area is 101 Å². The van der Waals surface area contributed by atoms with Gasteiger partial charge < -0.3 is 4.42 Å². The summed E-state index contributed by atoms with van der Waals surface area (Å²) in [5, 5.41) is 0. The molecule has 0 aliphatic heterocycles. The number of rotatable bonds is 2. The van der Waals surface area contributed by atoms with Crippen molar-refractivity contribution >= 4 is 11.2 Å². The average Bonchev–Trinajstić information content (AvgIpc) is 2.73. The van der Waals surface area contributed by atoms with Gasteiger partial charge in [-0.05, 0) is 17.7 Å². The van der Waals surface area contributed by atoms with Crippen molar-refractivity contribution in [3.05, 3.63) is 59.6 Å². The number of pyridine rings is 1. The molecule has 0 bridgehead atoms. The molecule has 0 unspecified atom stereocenters. The van der Waals surface area contributed by atoms with Crippen molar-refractivity contribution < 1.29 is 13.2 Å². The third-order valence-electron chi connectivity index (χ3n) is 2.53. The third-order valence-corrected chi connectivity index (χ3v) is 2.53. The molecule has 18 heavy (non-hydrogen) atoms. The Hall–Kier alpha value is -2.30. The quantitative estimate of drug-likeness (QED) is 0.697. The van der Waals surface area contributed by atoms with Crippen LogP contribution in [0.5, 0.6) is 0 Å². The molecule has 0 radical (unpaired) electrons. The lowest BCUT2D eigenvalue weighted by molar-refractivity contribution is 0.533. The van der Waals surface area contributed by atoms with Gasteiger partial charge in [-0.25, -0.2) is 18.7 Å². The minimum atomic E-state index is -0.455. The van der Waals surface area contributed by atoms with E-state index in [1.54, 1.807) is 12.1 Å². The maximum Gasteiger partial charge on any atom is 0.247 e. The van der Waals surface area contributed by atoms with E-state index in [1.807, 2.05) is 0 Å². The zero-order chi connectivity index (χ0) is 12.5. The lowest BCUT2D eigenvalue weighted by Gasteiger charge is -1.96. The second-order valence-corrected chi connectivity index (χ2v) is 3.89. The number of fused-ring (bicyclic) bond motifs is 1. The molecule has 0 atom stereocenters. The Morgan fingerprint density at radius 3 is 2.61 bits per heavy atom. The predicted octanol–water partition coefficient (Wildman–Crippen LogP) is 3.09. The van der Waals surface area contributed by atoms with Crippen molar-refractivity contribution in [2.45, 2.75) is 6.42 Å². The highest BCUT2D eigenvalue weighted by Crippen LogP contribution is 2.16. The van der Waals surface area contributed by atoms with Crippen LogP contribution in [0.1, 0.15) is 11.5 Å². The molecule has 0 aliphatic rings. The van der Waals surface area contributed by atoms with E-state index in [0.29, 0.717) is 23.5 Å². The number of halogens is 2. The first-order valence-corrected chi connectivity index (χ1v) is 5.36. The van der Waals surface area contributed by atoms with E-state index in [2.05, 4.69) is 9.97 Å². The average molecular weight is 246 g/mol. The molecule has 0 N–H and O–H groups in total. The first kappa shape index (κ1) is 10.8. The standard InChI is InChI=1S/C13H8F2N2O/c14-9-3-1-8(2-4-9)5-12-17-11-6-10(15)7-16-13(11)18-12/h1-4,6-7H,5H2. The molecule has 3 nitrogen and oxygen atoms in total. The van der Waals surface area contributed by atoms with Gasteiger partial charge in [0.05, 0.1) is 6.20 Å². The summed E-state index contributed by atoms with van der Waals surface area (Å²) in [5.41, 5.74) is 1.55. The van der Waals surface area contributed by atoms with E-state index in [-0.39, 0.29) is 5.82 Å². The Morgan fingerprint density at radius 2 is 1.83 bits per heavy atom. The van der Waals surface area contributed by atoms with Crippen LogP contribution in [-0.2, 0) is 6.42 Å². The summed E-state index contributed by atoms with van der Waals surface area (Å²) in [7, 11) is 0. The Balaban J connectivity index is 1.92. The van der Waals surface area contributed by atoms with Crippen LogP contribution in [-0.4, -0.2) is 9.97 Å². The molecule has 1 aromatic carbocycles. The molecule has 5 heteroatoms. The summed E-state index contributed by atoms with van der Waals surface area (Å²) in [6, 6.07) is 7.31. The van der Waals surface area contributed by atoms with E-state index in [4.69, 9.17) is 4.42 Å². The molecule has 0 spiro atoms. The molecular weight excluding hydrogens is 238 g/mol. The topological polar surface area (TPSA) is 38.9 Å². The highest BCUT2D eigenvalue weighted by Gasteiger charge is 2.08. The molecule has 0 saturated heterocycles. The minimum Gasteiger partial charge on any atom is -0.422 e. The van der Waals surface area contributed by atoms with Gasteiger partial charge in [-0.1, -0.05) is 12.1 Å². The van der Waals surface area contributed by atoms with Gasteiger partial charge in [0.15, 0.2) is 0 Å². The summed E-state index contributed by atoms with van der Waals surface area (Å²) >= 11 is 0. The van der Waals surface area contributed by atoms with Crippen LogP contribution in [0.2, 0.25) is 0 Å². The minimum absolute atomic E-state index is 0.292. The van der Waals surface area contributed by atoms with E-state index in [0.717, 1.165) is 11.8 Å². The molecule has 0 saturated carbocycles. The molecule has 2 aromatic heterocycles. The molecular formula is C13H8F2N2O. The maximum atomic E-state index is 12.9. The lowest BCUT2D eigenvalue weighted by atomic mass is 10.1. The molecule has 90 valence electrons. The van der Waals surface area contributed by atoms with Crippen LogP contribution in [0.25, 0.3) is 11.2 Å². The number of aromatic nitrogens is 2. The monoisotopic (exact) mass is 246 g/mol. The molecule has 2 heterocycles. The molecule has 0 aliphatic carbocycles. The van der Waals surface area contributed by atoms with E-state index in [9.17, 15) is 8.78 Å². The fraction of sp³-hybridized carbons (Fsp3) is 0.0769. The fourth-order valence-electron chi connectivity index (χ4n) is 1.70. The van der Waals surface area contributed by atoms with Gasteiger partial charge in [-0.2, -0.15) is 0 Å². The normalized spacial score (nSPS) is 11.0. The van der Waals surface area contributed by atoms with Crippen molar-refractivity contribution in [2.24, 2.45) is 0 Å². The van der Waals surface area contributed by atoms with E-state index < -0.39 is 5.82 Å². The van der Waals surface area contributed by atoms with Crippen molar-refractivity contribution in [3.8, 4) is 0 Å². The Kier molecular flexibility index (Phi) is 2.51. The van der Waals surface area contributed by atoms with Crippen molar-refractivity contribution in [1.82, 2.24) is 9.97 Å². The summed E-state index contributed by atoms with van der Waals surface area (Å²) in [6.45, 7) is 0. The van der Waals surface area contributed by atoms with Crippen molar-refractivity contribution in [3.63, 3.8) is 0 Å². The summed E-state index contributed by atoms with van der Waals surface area (Å²) < 4.78 is 31.1. The highest BCUT2D eigenvalue weighted by molar-refractivity contribution is 5.67. The van der Waals surface area contributed by atoms with Gasteiger partial charge in [0.1, 0.15) is 17.2 Å². The smallest absolute Gasteiger partial charge is 0.247 e. The van der Waals surface area contributed by atoms with Crippen LogP contribution < -0.4 is 0 Å². The molecule has 3 aromatic rings. The number of oxazole rings is 1. The van der Waals surface area contributed by atoms with Crippen LogP contribution in [0.15, 0.2) is 40.9 Å². The second kappa shape index (κ2) is 4.18. The van der Waals surface area contributed by atoms with Crippen LogP contribution in [0.4, 0.5) is 8.78 Å². The van der Waals surface area contributed by atoms with Gasteiger partial charge in [-0.3, -0.25) is 0 Å². The molecule has 0 amide bonds. The van der Waals surface area contributed by atoms with Gasteiger partial charge in [-0.15, -0.1) is 0 Å². The van der Waals surface area contributed by atoms with E-state index in [1.165, 1.54) is 18.2 Å². The largest absolute Gasteiger partial charge is 0.422 e. The number of hydrogen-bond acceptors (Lipinski definition) is 3. The number of nitrogens with zero attached hydrogens (tertiary/aromatic N) is 2. The molecule has 0 fully saturated rings. The van der Waals surface area contributed by atoms with Crippen molar-refractivity contribution in [2.75, 3.05) is 0 Å². The van der Waals surface area contributed by atoms with Crippen molar-refractivity contribution in [1.29, 1.82) is 0 Å². The summed E-state index contributed by atoms with van der Waals surface area (Å²) in [4.78, 5) is 7.92. The number of benzene rings is 1. The van der Waals surface area contributed by atoms with Gasteiger partial charge in [0.2, 0.25) is 11.6 Å². The van der Waals surface area contributed by atoms with E-state index >= 15 is 0 Å².